The van der Waals surface area contributed by atoms with Gasteiger partial charge in [-0.15, -0.1) is 10.2 Å². The van der Waals surface area contributed by atoms with Gasteiger partial charge < -0.3 is 10.2 Å². The second kappa shape index (κ2) is 5.49. The number of hydrogen-bond acceptors (Lipinski definition) is 7. The van der Waals surface area contributed by atoms with Crippen molar-refractivity contribution in [2.75, 3.05) is 31.1 Å². The zero-order valence-electron chi connectivity index (χ0n) is 13.8. The lowest BCUT2D eigenvalue weighted by molar-refractivity contribution is 0.586. The Labute approximate surface area is 143 Å². The lowest BCUT2D eigenvalue weighted by atomic mass is 10.1. The third-order valence-corrected chi connectivity index (χ3v) is 4.64. The van der Waals surface area contributed by atoms with E-state index in [1.54, 1.807) is 6.33 Å². The minimum absolute atomic E-state index is 0.742. The first-order chi connectivity index (χ1) is 12.3. The molecular weight excluding hydrogens is 318 g/mol. The number of benzene rings is 1. The molecule has 3 aromatic heterocycles. The lowest BCUT2D eigenvalue weighted by Gasteiger charge is -2.28. The van der Waals surface area contributed by atoms with Crippen LogP contribution in [0.15, 0.2) is 24.8 Å². The fourth-order valence-electron chi connectivity index (χ4n) is 3.37. The van der Waals surface area contributed by atoms with Gasteiger partial charge in [-0.05, 0) is 24.6 Å². The van der Waals surface area contributed by atoms with E-state index in [0.29, 0.717) is 0 Å². The average Bonchev–Trinajstić information content (AvgIpc) is 3.33. The van der Waals surface area contributed by atoms with Crippen molar-refractivity contribution in [2.24, 2.45) is 0 Å². The maximum Gasteiger partial charge on any atom is 0.204 e. The number of fused-ring (bicyclic) bond motifs is 3. The van der Waals surface area contributed by atoms with E-state index in [0.717, 1.165) is 65.6 Å². The van der Waals surface area contributed by atoms with Crippen molar-refractivity contribution < 1.29 is 0 Å². The maximum atomic E-state index is 4.91. The molecule has 2 N–H and O–H groups in total. The molecule has 0 bridgehead atoms. The highest BCUT2D eigenvalue weighted by atomic mass is 15.3. The van der Waals surface area contributed by atoms with Gasteiger partial charge in [0.1, 0.15) is 12.7 Å². The quantitative estimate of drug-likeness (QED) is 0.558. The molecule has 1 aromatic carbocycles. The van der Waals surface area contributed by atoms with Crippen LogP contribution in [0.5, 0.6) is 0 Å². The third kappa shape index (κ3) is 2.23. The summed E-state index contributed by atoms with van der Waals surface area (Å²) in [6, 6.07) is 4.15. The van der Waals surface area contributed by atoms with E-state index in [9.17, 15) is 0 Å². The Balaban J connectivity index is 1.76. The maximum absolute atomic E-state index is 4.91. The first-order valence-electron chi connectivity index (χ1n) is 8.27. The van der Waals surface area contributed by atoms with Gasteiger partial charge in [-0.25, -0.2) is 9.97 Å². The van der Waals surface area contributed by atoms with Gasteiger partial charge in [0.25, 0.3) is 0 Å². The van der Waals surface area contributed by atoms with E-state index in [1.807, 2.05) is 4.40 Å². The second-order valence-corrected chi connectivity index (χ2v) is 6.19. The SMILES string of the molecule is Cc1cc2nc(N3CCNCC3)c3nncn3c2cc1-c1ncn[nH]1. The molecule has 126 valence electrons. The van der Waals surface area contributed by atoms with Gasteiger partial charge in [0.2, 0.25) is 5.65 Å². The Morgan fingerprint density at radius 1 is 1.16 bits per heavy atom. The predicted octanol–water partition coefficient (Wildman–Crippen LogP) is 0.781. The number of anilines is 1. The molecule has 0 amide bonds. The molecule has 9 heteroatoms. The zero-order valence-corrected chi connectivity index (χ0v) is 13.8. The lowest BCUT2D eigenvalue weighted by Crippen LogP contribution is -2.44. The molecule has 5 rings (SSSR count). The summed E-state index contributed by atoms with van der Waals surface area (Å²) in [6.45, 7) is 5.78. The second-order valence-electron chi connectivity index (χ2n) is 6.19. The Hall–Kier alpha value is -3.07. The molecule has 1 aliphatic heterocycles. The highest BCUT2D eigenvalue weighted by Crippen LogP contribution is 2.28. The van der Waals surface area contributed by atoms with Crippen LogP contribution in [0.1, 0.15) is 5.56 Å². The molecular formula is C16H17N9. The summed E-state index contributed by atoms with van der Waals surface area (Å²) < 4.78 is 2.00. The zero-order chi connectivity index (χ0) is 16.8. The third-order valence-electron chi connectivity index (χ3n) is 4.64. The normalized spacial score (nSPS) is 15.3. The van der Waals surface area contributed by atoms with Gasteiger partial charge in [0.05, 0.1) is 11.0 Å². The number of aromatic nitrogens is 7. The molecule has 1 fully saturated rings. The largest absolute Gasteiger partial charge is 0.351 e. The van der Waals surface area contributed by atoms with Crippen LogP contribution in [0.4, 0.5) is 5.82 Å². The van der Waals surface area contributed by atoms with E-state index < -0.39 is 0 Å². The fraction of sp³-hybridized carbons (Fsp3) is 0.312. The van der Waals surface area contributed by atoms with Gasteiger partial charge in [0, 0.05) is 31.7 Å². The first kappa shape index (κ1) is 14.3. The molecule has 25 heavy (non-hydrogen) atoms. The van der Waals surface area contributed by atoms with E-state index in [4.69, 9.17) is 4.98 Å². The number of nitrogens with zero attached hydrogens (tertiary/aromatic N) is 7. The van der Waals surface area contributed by atoms with Crippen LogP contribution < -0.4 is 10.2 Å². The topological polar surface area (TPSA) is 99.9 Å². The summed E-state index contributed by atoms with van der Waals surface area (Å²) in [4.78, 5) is 11.4. The molecule has 0 atom stereocenters. The molecule has 0 unspecified atom stereocenters. The van der Waals surface area contributed by atoms with Crippen LogP contribution in [0.25, 0.3) is 28.1 Å². The fourth-order valence-corrected chi connectivity index (χ4v) is 3.37. The molecule has 0 spiro atoms. The number of rotatable bonds is 2. The van der Waals surface area contributed by atoms with E-state index in [-0.39, 0.29) is 0 Å². The number of hydrogen-bond donors (Lipinski definition) is 2. The van der Waals surface area contributed by atoms with Gasteiger partial charge in [-0.1, -0.05) is 0 Å². The molecule has 1 saturated heterocycles. The Kier molecular flexibility index (Phi) is 3.14. The minimum Gasteiger partial charge on any atom is -0.351 e. The number of aryl methyl sites for hydroxylation is 1. The molecule has 4 aromatic rings. The highest BCUT2D eigenvalue weighted by Gasteiger charge is 2.19. The van der Waals surface area contributed by atoms with Crippen LogP contribution in [0.3, 0.4) is 0 Å². The van der Waals surface area contributed by atoms with Crippen molar-refractivity contribution in [3.8, 4) is 11.4 Å². The Bertz CT molecular complexity index is 1040. The van der Waals surface area contributed by atoms with Crippen LogP contribution in [-0.4, -0.2) is 60.9 Å². The van der Waals surface area contributed by atoms with Gasteiger partial charge in [-0.2, -0.15) is 5.10 Å². The van der Waals surface area contributed by atoms with Gasteiger partial charge >= 0.3 is 0 Å². The summed E-state index contributed by atoms with van der Waals surface area (Å²) in [5, 5.41) is 18.7. The van der Waals surface area contributed by atoms with Gasteiger partial charge in [-0.3, -0.25) is 9.50 Å². The van der Waals surface area contributed by atoms with E-state index >= 15 is 0 Å². The highest BCUT2D eigenvalue weighted by molar-refractivity contribution is 5.87. The Morgan fingerprint density at radius 2 is 2.04 bits per heavy atom. The molecule has 0 radical (unpaired) electrons. The van der Waals surface area contributed by atoms with Crippen LogP contribution in [0.2, 0.25) is 0 Å². The summed E-state index contributed by atoms with van der Waals surface area (Å²) >= 11 is 0. The van der Waals surface area contributed by atoms with Crippen molar-refractivity contribution in [1.29, 1.82) is 0 Å². The number of piperazine rings is 1. The number of H-pyrrole nitrogens is 1. The predicted molar refractivity (Wildman–Crippen MR) is 93.5 cm³/mol. The monoisotopic (exact) mass is 335 g/mol. The van der Waals surface area contributed by atoms with Gasteiger partial charge in [0.15, 0.2) is 11.6 Å². The van der Waals surface area contributed by atoms with E-state index in [1.165, 1.54) is 6.33 Å². The van der Waals surface area contributed by atoms with Crippen LogP contribution in [-0.2, 0) is 0 Å². The number of nitrogens with one attached hydrogen (secondary N) is 2. The molecule has 0 saturated carbocycles. The van der Waals surface area contributed by atoms with Crippen molar-refractivity contribution in [3.63, 3.8) is 0 Å². The Morgan fingerprint density at radius 3 is 2.84 bits per heavy atom. The smallest absolute Gasteiger partial charge is 0.204 e. The van der Waals surface area contributed by atoms with Crippen molar-refractivity contribution >= 4 is 22.5 Å². The first-order valence-corrected chi connectivity index (χ1v) is 8.27. The van der Waals surface area contributed by atoms with E-state index in [2.05, 4.69) is 54.7 Å². The molecule has 1 aliphatic rings. The molecule has 0 aliphatic carbocycles. The molecule has 9 nitrogen and oxygen atoms in total. The van der Waals surface area contributed by atoms with Crippen LogP contribution in [0, 0.1) is 6.92 Å². The summed E-state index contributed by atoms with van der Waals surface area (Å²) in [6.07, 6.45) is 3.25. The summed E-state index contributed by atoms with van der Waals surface area (Å²) in [7, 11) is 0. The van der Waals surface area contributed by atoms with Crippen molar-refractivity contribution in [1.82, 2.24) is 40.1 Å². The molecule has 4 heterocycles. The van der Waals surface area contributed by atoms with Crippen molar-refractivity contribution in [3.05, 3.63) is 30.4 Å². The average molecular weight is 335 g/mol. The standard InChI is InChI=1S/C16H17N9/c1-10-6-12-13(7-11(10)14-18-8-19-22-14)25-9-20-23-16(25)15(21-12)24-4-2-17-3-5-24/h6-9,17H,2-5H2,1H3,(H,18,19,22). The van der Waals surface area contributed by atoms with Crippen molar-refractivity contribution in [2.45, 2.75) is 6.92 Å². The number of aromatic amines is 1. The minimum atomic E-state index is 0.742. The summed E-state index contributed by atoms with van der Waals surface area (Å²) in [5.74, 6) is 1.63. The van der Waals surface area contributed by atoms with Crippen LogP contribution >= 0.6 is 0 Å². The summed E-state index contributed by atoms with van der Waals surface area (Å²) in [5.41, 5.74) is 4.74.